The van der Waals surface area contributed by atoms with Gasteiger partial charge in [-0.2, -0.15) is 0 Å². The number of hydrogen-bond donors (Lipinski definition) is 4. The van der Waals surface area contributed by atoms with Crippen molar-refractivity contribution < 1.29 is 87.4 Å². The predicted molar refractivity (Wildman–Crippen MR) is 351 cm³/mol. The minimum atomic E-state index is -1.53. The van der Waals surface area contributed by atoms with Crippen LogP contribution in [0.2, 0.25) is 0 Å². The van der Waals surface area contributed by atoms with Gasteiger partial charge in [-0.05, 0) is 134 Å². The van der Waals surface area contributed by atoms with Gasteiger partial charge >= 0.3 is 0 Å². The number of phenols is 4. The van der Waals surface area contributed by atoms with E-state index in [1.807, 2.05) is 27.7 Å². The van der Waals surface area contributed by atoms with Gasteiger partial charge in [-0.1, -0.05) is 83.1 Å². The van der Waals surface area contributed by atoms with Gasteiger partial charge in [0.1, 0.15) is 57.1 Å². The number of ether oxygens (including phenoxy) is 2. The van der Waals surface area contributed by atoms with Crippen molar-refractivity contribution in [2.75, 3.05) is 0 Å². The number of allylic oxidation sites excluding steroid dienone is 4. The van der Waals surface area contributed by atoms with Crippen LogP contribution < -0.4 is 9.47 Å². The summed E-state index contributed by atoms with van der Waals surface area (Å²) < 4.78 is 12.8. The van der Waals surface area contributed by atoms with Gasteiger partial charge in [0.15, 0.2) is 69.4 Å². The van der Waals surface area contributed by atoms with Crippen molar-refractivity contribution in [2.24, 2.45) is 90.7 Å². The highest BCUT2D eigenvalue weighted by atomic mass is 16.5. The average Bonchev–Trinajstić information content (AvgIpc) is 0.704. The summed E-state index contributed by atoms with van der Waals surface area (Å²) in [7, 11) is 0. The first-order chi connectivity index (χ1) is 42.4. The Bertz CT molecular complexity index is 3540. The summed E-state index contributed by atoms with van der Waals surface area (Å²) in [4.78, 5) is 167. The van der Waals surface area contributed by atoms with Crippen LogP contribution in [-0.2, 0) is 47.9 Å². The summed E-state index contributed by atoms with van der Waals surface area (Å²) in [6.45, 7) is 45.6. The lowest BCUT2D eigenvalue weighted by Crippen LogP contribution is -2.59. The predicted octanol–water partition coefficient (Wildman–Crippen LogP) is 13.3. The molecule has 2 saturated carbocycles. The molecule has 18 nitrogen and oxygen atoms in total. The molecule has 2 fully saturated rings. The van der Waals surface area contributed by atoms with Crippen LogP contribution in [0.4, 0.5) is 0 Å². The van der Waals surface area contributed by atoms with Crippen LogP contribution in [0.5, 0.6) is 34.5 Å². The largest absolute Gasteiger partial charge is 0.507 e. The Morgan fingerprint density at radius 2 is 0.574 bits per heavy atom. The molecule has 4 N–H and O–H groups in total. The van der Waals surface area contributed by atoms with Crippen molar-refractivity contribution in [3.8, 4) is 34.5 Å². The van der Waals surface area contributed by atoms with E-state index in [1.165, 1.54) is 55.4 Å². The van der Waals surface area contributed by atoms with E-state index in [9.17, 15) is 78.0 Å². The molecular formula is C76H100O18. The normalized spacial score (nSPS) is 24.1. The van der Waals surface area contributed by atoms with Crippen LogP contribution in [0.3, 0.4) is 0 Å². The Balaban J connectivity index is 0.000000266. The van der Waals surface area contributed by atoms with E-state index in [0.29, 0.717) is 0 Å². The molecule has 512 valence electrons. The van der Waals surface area contributed by atoms with Gasteiger partial charge in [-0.15, -0.1) is 0 Å². The Morgan fingerprint density at radius 1 is 0.340 bits per heavy atom. The molecule has 4 aliphatic carbocycles. The molecule has 18 heteroatoms. The summed E-state index contributed by atoms with van der Waals surface area (Å²) in [5.74, 6) is -18.8. The fourth-order valence-electron chi connectivity index (χ4n) is 16.4. The number of Topliss-reactive ketones (excluding diaryl/α,β-unsaturated/α-hetero) is 12. The molecule has 6 aliphatic rings. The van der Waals surface area contributed by atoms with Gasteiger partial charge in [-0.3, -0.25) is 57.5 Å². The van der Waals surface area contributed by atoms with Crippen molar-refractivity contribution in [2.45, 2.75) is 218 Å². The minimum Gasteiger partial charge on any atom is -0.507 e. The maximum atomic E-state index is 14.2. The molecule has 0 aromatic heterocycles. The lowest BCUT2D eigenvalue weighted by atomic mass is 9.54. The molecule has 0 spiro atoms. The number of hydrogen-bond acceptors (Lipinski definition) is 18. The molecule has 2 heterocycles. The molecule has 2 aromatic carbocycles. The number of aromatic hydroxyl groups is 4. The van der Waals surface area contributed by atoms with Crippen LogP contribution in [0.1, 0.15) is 261 Å². The van der Waals surface area contributed by atoms with Gasteiger partial charge in [0.05, 0.1) is 55.2 Å². The van der Waals surface area contributed by atoms with Crippen molar-refractivity contribution in [1.82, 2.24) is 0 Å². The standard InChI is InChI=1S/2C38H50O9/c2*1-15(2)18(22-29(42)35(7,8)33(45)36(9,10)30(22)43)20-26(40)21-19(16(3)4)23-31(44)37(11,12)34(46)38(13,14)32(23)47-28(21)24(27(20)41)25(39)17(5)6/h2*15-19,22,40-41H,1-14H3/t18-,19+;18-,19-/m00/s1. The molecule has 2 aliphatic heterocycles. The lowest BCUT2D eigenvalue weighted by Gasteiger charge is -2.47. The van der Waals surface area contributed by atoms with Gasteiger partial charge < -0.3 is 29.9 Å². The third-order valence-electron chi connectivity index (χ3n) is 21.7. The summed E-state index contributed by atoms with van der Waals surface area (Å²) >= 11 is 0. The average molecular weight is 1300 g/mol. The van der Waals surface area contributed by atoms with Crippen LogP contribution in [-0.4, -0.2) is 89.8 Å². The second-order valence-corrected chi connectivity index (χ2v) is 33.6. The quantitative estimate of drug-likeness (QED) is 0.113. The highest BCUT2D eigenvalue weighted by molar-refractivity contribution is 6.30. The van der Waals surface area contributed by atoms with Gasteiger partial charge in [-0.25, -0.2) is 0 Å². The van der Waals surface area contributed by atoms with E-state index in [-0.39, 0.29) is 90.9 Å². The van der Waals surface area contributed by atoms with Crippen molar-refractivity contribution >= 4 is 69.4 Å². The molecule has 94 heavy (non-hydrogen) atoms. The molecule has 0 amide bonds. The second kappa shape index (κ2) is 23.3. The maximum Gasteiger partial charge on any atom is 0.175 e. The Hall–Kier alpha value is -7.24. The van der Waals surface area contributed by atoms with E-state index in [1.54, 1.807) is 111 Å². The molecule has 0 radical (unpaired) electrons. The number of phenolic OH excluding ortho intramolecular Hbond substituents is 4. The third kappa shape index (κ3) is 10.3. The van der Waals surface area contributed by atoms with E-state index < -0.39 is 183 Å². The zero-order valence-corrected chi connectivity index (χ0v) is 60.4. The summed E-state index contributed by atoms with van der Waals surface area (Å²) in [6.07, 6.45) is 0. The highest BCUT2D eigenvalue weighted by Crippen LogP contribution is 2.65. The topological polar surface area (TPSA) is 304 Å². The number of ketones is 12. The molecule has 2 aromatic rings. The Labute approximate surface area is 553 Å². The van der Waals surface area contributed by atoms with Gasteiger partial charge in [0.2, 0.25) is 0 Å². The highest BCUT2D eigenvalue weighted by Gasteiger charge is 2.65. The van der Waals surface area contributed by atoms with E-state index in [4.69, 9.17) is 9.47 Å². The first kappa shape index (κ1) is 74.2. The Kier molecular flexibility index (Phi) is 18.3. The van der Waals surface area contributed by atoms with Crippen LogP contribution in [0.15, 0.2) is 22.7 Å². The monoisotopic (exact) mass is 1300 g/mol. The molecular weight excluding hydrogens is 1200 g/mol. The lowest BCUT2D eigenvalue weighted by molar-refractivity contribution is -0.163. The SMILES string of the molecule is CC(C)C(=O)c1c(O)c([C@H](C(C)C)C2C(=O)C(C)(C)C(=O)C(C)(C)C2=O)c(O)c2c1OC1=C(C(=O)C(C)(C)C(=O)C1(C)C)[C@@H]2C(C)C.CC(C)C(=O)c1c(O)c([C@H](C(C)C)C2C(=O)C(C)(C)C(=O)C(C)(C)C2=O)c(O)c2c1OC1=C(C(=O)C(C)(C)C(=O)C1(C)C)[C@H]2C(C)C. The summed E-state index contributed by atoms with van der Waals surface area (Å²) in [5, 5.41) is 49.0. The number of carbonyl (C=O) groups excluding carboxylic acids is 12. The zero-order valence-electron chi connectivity index (χ0n) is 60.4. The zero-order chi connectivity index (χ0) is 72.5. The molecule has 0 saturated heterocycles. The number of rotatable bonds is 12. The van der Waals surface area contributed by atoms with Crippen molar-refractivity contribution in [1.29, 1.82) is 0 Å². The van der Waals surface area contributed by atoms with Gasteiger partial charge in [0, 0.05) is 68.9 Å². The van der Waals surface area contributed by atoms with Crippen LogP contribution in [0.25, 0.3) is 0 Å². The van der Waals surface area contributed by atoms with E-state index in [0.717, 1.165) is 0 Å². The van der Waals surface area contributed by atoms with E-state index >= 15 is 0 Å². The Morgan fingerprint density at radius 3 is 0.787 bits per heavy atom. The minimum absolute atomic E-state index is 0.0717. The first-order valence-corrected chi connectivity index (χ1v) is 33.1. The van der Waals surface area contributed by atoms with E-state index in [2.05, 4.69) is 0 Å². The first-order valence-electron chi connectivity index (χ1n) is 33.1. The summed E-state index contributed by atoms with van der Waals surface area (Å²) in [6, 6.07) is 0. The smallest absolute Gasteiger partial charge is 0.175 e. The van der Waals surface area contributed by atoms with Gasteiger partial charge in [0.25, 0.3) is 0 Å². The fourth-order valence-corrected chi connectivity index (χ4v) is 16.4. The second-order valence-electron chi connectivity index (χ2n) is 33.6. The van der Waals surface area contributed by atoms with Crippen LogP contribution >= 0.6 is 0 Å². The van der Waals surface area contributed by atoms with Crippen LogP contribution in [0, 0.1) is 90.7 Å². The van der Waals surface area contributed by atoms with Crippen molar-refractivity contribution in [3.05, 3.63) is 56.0 Å². The molecule has 0 bridgehead atoms. The fraction of sp³-hybridized carbons (Fsp3) is 0.632. The maximum absolute atomic E-state index is 14.2. The molecule has 4 atom stereocenters. The number of carbonyl (C=O) groups is 12. The molecule has 0 unspecified atom stereocenters. The number of benzene rings is 2. The van der Waals surface area contributed by atoms with Crippen molar-refractivity contribution in [3.63, 3.8) is 0 Å². The molecule has 8 rings (SSSR count). The third-order valence-corrected chi connectivity index (χ3v) is 21.7. The summed E-state index contributed by atoms with van der Waals surface area (Å²) in [5.41, 5.74) is -11.8. The number of fused-ring (bicyclic) bond motifs is 2.